The van der Waals surface area contributed by atoms with Crippen LogP contribution in [0.25, 0.3) is 17.0 Å². The zero-order valence-corrected chi connectivity index (χ0v) is 11.2. The lowest BCUT2D eigenvalue weighted by Gasteiger charge is -2.15. The van der Waals surface area contributed by atoms with Crippen molar-refractivity contribution in [2.45, 2.75) is 12.1 Å². The van der Waals surface area contributed by atoms with E-state index in [2.05, 4.69) is 9.98 Å². The first-order valence-electron chi connectivity index (χ1n) is 6.83. The Morgan fingerprint density at radius 1 is 1.10 bits per heavy atom. The van der Waals surface area contributed by atoms with Crippen LogP contribution >= 0.6 is 0 Å². The van der Waals surface area contributed by atoms with Gasteiger partial charge in [-0.1, -0.05) is 24.3 Å². The van der Waals surface area contributed by atoms with E-state index in [-0.39, 0.29) is 5.75 Å². The monoisotopic (exact) mass is 278 g/mol. The standard InChI is InChI=1S/C17H14N2O2/c20-16-7-3-6-15-13(16)10-17(21,19-15)9-12-8-11-4-1-2-5-14(11)18-12/h1-8,10,18,20-21H,9H2. The summed E-state index contributed by atoms with van der Waals surface area (Å²) in [6.45, 7) is 0. The van der Waals surface area contributed by atoms with Gasteiger partial charge in [0.1, 0.15) is 5.75 Å². The molecule has 0 aliphatic carbocycles. The number of phenols is 1. The summed E-state index contributed by atoms with van der Waals surface area (Å²) in [6.07, 6.45) is 1.96. The highest BCUT2D eigenvalue weighted by Gasteiger charge is 2.28. The topological polar surface area (TPSA) is 68.6 Å². The van der Waals surface area contributed by atoms with Crippen molar-refractivity contribution < 1.29 is 10.2 Å². The van der Waals surface area contributed by atoms with E-state index in [9.17, 15) is 10.2 Å². The van der Waals surface area contributed by atoms with Crippen molar-refractivity contribution in [1.82, 2.24) is 4.98 Å². The van der Waals surface area contributed by atoms with Gasteiger partial charge >= 0.3 is 0 Å². The van der Waals surface area contributed by atoms with E-state index in [1.165, 1.54) is 0 Å². The number of hydrogen-bond acceptors (Lipinski definition) is 3. The van der Waals surface area contributed by atoms with Gasteiger partial charge in [0, 0.05) is 22.9 Å². The van der Waals surface area contributed by atoms with E-state index >= 15 is 0 Å². The van der Waals surface area contributed by atoms with Gasteiger partial charge in [0.05, 0.1) is 5.36 Å². The van der Waals surface area contributed by atoms with Crippen LogP contribution in [0, 0.1) is 0 Å². The molecule has 21 heavy (non-hydrogen) atoms. The first kappa shape index (κ1) is 12.2. The molecule has 0 amide bonds. The average molecular weight is 278 g/mol. The minimum absolute atomic E-state index is 0.142. The lowest BCUT2D eigenvalue weighted by Crippen LogP contribution is -2.24. The minimum atomic E-state index is -1.32. The van der Waals surface area contributed by atoms with E-state index in [4.69, 9.17) is 0 Å². The number of fused-ring (bicyclic) bond motifs is 2. The van der Waals surface area contributed by atoms with E-state index in [1.807, 2.05) is 30.3 Å². The summed E-state index contributed by atoms with van der Waals surface area (Å²) in [5.41, 5.74) is 0.627. The molecule has 3 N–H and O–H groups in total. The molecule has 2 heterocycles. The molecular formula is C17H14N2O2. The number of aromatic amines is 1. The van der Waals surface area contributed by atoms with Gasteiger partial charge in [-0.05, 0) is 35.7 Å². The largest absolute Gasteiger partial charge is 0.507 e. The number of phenolic OH excluding ortho intramolecular Hbond substituents is 1. The van der Waals surface area contributed by atoms with Gasteiger partial charge in [-0.2, -0.15) is 0 Å². The van der Waals surface area contributed by atoms with Gasteiger partial charge in [0.2, 0.25) is 0 Å². The Balaban J connectivity index is 1.76. The molecule has 0 fully saturated rings. The Kier molecular flexibility index (Phi) is 2.43. The van der Waals surface area contributed by atoms with Crippen molar-refractivity contribution in [3.8, 4) is 5.75 Å². The fraction of sp³-hybridized carbons (Fsp3) is 0.118. The summed E-state index contributed by atoms with van der Waals surface area (Å²) in [5.74, 6) is 0.142. The maximum atomic E-state index is 10.7. The number of rotatable bonds is 2. The number of aliphatic hydroxyl groups is 1. The highest BCUT2D eigenvalue weighted by Crippen LogP contribution is 2.22. The molecular weight excluding hydrogens is 264 g/mol. The zero-order chi connectivity index (χ0) is 14.4. The predicted molar refractivity (Wildman–Crippen MR) is 80.3 cm³/mol. The van der Waals surface area contributed by atoms with Crippen LogP contribution in [0.3, 0.4) is 0 Å². The maximum Gasteiger partial charge on any atom is 0.182 e. The van der Waals surface area contributed by atoms with Crippen molar-refractivity contribution in [2.75, 3.05) is 0 Å². The molecule has 3 aromatic rings. The molecule has 1 unspecified atom stereocenters. The van der Waals surface area contributed by atoms with Gasteiger partial charge in [-0.3, -0.25) is 0 Å². The van der Waals surface area contributed by atoms with Crippen molar-refractivity contribution in [2.24, 2.45) is 4.99 Å². The highest BCUT2D eigenvalue weighted by atomic mass is 16.3. The summed E-state index contributed by atoms with van der Waals surface area (Å²) in [6, 6.07) is 15.1. The van der Waals surface area contributed by atoms with E-state index in [0.29, 0.717) is 17.0 Å². The van der Waals surface area contributed by atoms with Crippen molar-refractivity contribution in [1.29, 1.82) is 0 Å². The second-order valence-corrected chi connectivity index (χ2v) is 5.40. The Morgan fingerprint density at radius 3 is 2.76 bits per heavy atom. The predicted octanol–water partition coefficient (Wildman–Crippen LogP) is 1.22. The van der Waals surface area contributed by atoms with Crippen LogP contribution < -0.4 is 10.6 Å². The van der Waals surface area contributed by atoms with Crippen LogP contribution in [0.4, 0.5) is 0 Å². The number of H-pyrrole nitrogens is 1. The number of aromatic hydroxyl groups is 1. The van der Waals surface area contributed by atoms with Crippen LogP contribution in [0.1, 0.15) is 5.69 Å². The number of aromatic nitrogens is 1. The Bertz CT molecular complexity index is 925. The van der Waals surface area contributed by atoms with Crippen molar-refractivity contribution in [3.05, 3.63) is 64.8 Å². The van der Waals surface area contributed by atoms with Gasteiger partial charge in [0.15, 0.2) is 5.72 Å². The summed E-state index contributed by atoms with van der Waals surface area (Å²) >= 11 is 0. The summed E-state index contributed by atoms with van der Waals surface area (Å²) in [7, 11) is 0. The Labute approximate surface area is 120 Å². The van der Waals surface area contributed by atoms with Crippen LogP contribution in [0.2, 0.25) is 0 Å². The Morgan fingerprint density at radius 2 is 1.95 bits per heavy atom. The zero-order valence-electron chi connectivity index (χ0n) is 11.2. The minimum Gasteiger partial charge on any atom is -0.507 e. The Hall–Kier alpha value is -2.59. The molecule has 0 radical (unpaired) electrons. The number of nitrogens with one attached hydrogen (secondary N) is 1. The van der Waals surface area contributed by atoms with Gasteiger partial charge in [-0.25, -0.2) is 4.99 Å². The summed E-state index contributed by atoms with van der Waals surface area (Å²) in [5, 5.41) is 22.8. The smallest absolute Gasteiger partial charge is 0.182 e. The number of benzene rings is 2. The van der Waals surface area contributed by atoms with Gasteiger partial charge in [0.25, 0.3) is 0 Å². The molecule has 104 valence electrons. The van der Waals surface area contributed by atoms with Crippen LogP contribution in [0.15, 0.2) is 53.5 Å². The first-order chi connectivity index (χ1) is 10.1. The van der Waals surface area contributed by atoms with E-state index in [0.717, 1.165) is 16.6 Å². The van der Waals surface area contributed by atoms with Crippen molar-refractivity contribution >= 4 is 17.0 Å². The second kappa shape index (κ2) is 4.20. The number of para-hydroxylation sites is 1. The van der Waals surface area contributed by atoms with Crippen LogP contribution in [-0.4, -0.2) is 20.9 Å². The SMILES string of the molecule is Oc1cccc2c1=CC(O)(Cc1cc3ccccc3[nH]1)N=2. The van der Waals surface area contributed by atoms with Gasteiger partial charge < -0.3 is 15.2 Å². The molecule has 0 bridgehead atoms. The molecule has 4 heteroatoms. The normalized spacial score (nSPS) is 20.0. The van der Waals surface area contributed by atoms with Crippen LogP contribution in [0.5, 0.6) is 5.75 Å². The van der Waals surface area contributed by atoms with E-state index in [1.54, 1.807) is 24.3 Å². The molecule has 0 saturated heterocycles. The first-order valence-corrected chi connectivity index (χ1v) is 6.83. The third-order valence-corrected chi connectivity index (χ3v) is 3.79. The summed E-state index contributed by atoms with van der Waals surface area (Å²) in [4.78, 5) is 7.62. The molecule has 1 aliphatic rings. The van der Waals surface area contributed by atoms with Crippen molar-refractivity contribution in [3.63, 3.8) is 0 Å². The fourth-order valence-corrected chi connectivity index (χ4v) is 2.86. The lowest BCUT2D eigenvalue weighted by molar-refractivity contribution is 0.116. The molecule has 2 aromatic carbocycles. The van der Waals surface area contributed by atoms with E-state index < -0.39 is 5.72 Å². The lowest BCUT2D eigenvalue weighted by atomic mass is 10.1. The molecule has 4 nitrogen and oxygen atoms in total. The van der Waals surface area contributed by atoms with Crippen LogP contribution in [-0.2, 0) is 6.42 Å². The quantitative estimate of drug-likeness (QED) is 0.659. The van der Waals surface area contributed by atoms with Gasteiger partial charge in [-0.15, -0.1) is 0 Å². The molecule has 1 aliphatic heterocycles. The molecule has 0 saturated carbocycles. The number of hydrogen-bond donors (Lipinski definition) is 3. The fourth-order valence-electron chi connectivity index (χ4n) is 2.86. The third kappa shape index (κ3) is 2.00. The molecule has 4 rings (SSSR count). The highest BCUT2D eigenvalue weighted by molar-refractivity contribution is 5.80. The molecule has 1 aromatic heterocycles. The molecule has 1 atom stereocenters. The third-order valence-electron chi connectivity index (χ3n) is 3.79. The second-order valence-electron chi connectivity index (χ2n) is 5.40. The maximum absolute atomic E-state index is 10.7. The average Bonchev–Trinajstić information content (AvgIpc) is 2.99. The number of nitrogens with zero attached hydrogens (tertiary/aromatic N) is 1. The molecule has 0 spiro atoms. The summed E-state index contributed by atoms with van der Waals surface area (Å²) < 4.78 is 0.